The minimum absolute atomic E-state index is 0.229. The summed E-state index contributed by atoms with van der Waals surface area (Å²) in [7, 11) is 5.67. The van der Waals surface area contributed by atoms with Gasteiger partial charge in [0.25, 0.3) is 0 Å². The zero-order chi connectivity index (χ0) is 19.8. The van der Waals surface area contributed by atoms with Crippen LogP contribution in [0.1, 0.15) is 25.1 Å². The lowest BCUT2D eigenvalue weighted by molar-refractivity contribution is 0.0668. The van der Waals surface area contributed by atoms with Crippen molar-refractivity contribution < 1.29 is 14.6 Å². The summed E-state index contributed by atoms with van der Waals surface area (Å²) in [6, 6.07) is 8.25. The molecule has 0 saturated heterocycles. The molecule has 1 unspecified atom stereocenters. The fourth-order valence-electron chi connectivity index (χ4n) is 2.74. The van der Waals surface area contributed by atoms with Crippen molar-refractivity contribution in [1.82, 2.24) is 20.0 Å². The van der Waals surface area contributed by atoms with Gasteiger partial charge in [0.1, 0.15) is 12.7 Å². The first-order chi connectivity index (χ1) is 12.9. The molecule has 2 rings (SSSR count). The Balaban J connectivity index is 1.91. The van der Waals surface area contributed by atoms with E-state index in [0.29, 0.717) is 24.1 Å². The topological polar surface area (TPSA) is 73.8 Å². The summed E-state index contributed by atoms with van der Waals surface area (Å²) < 4.78 is 11.3. The van der Waals surface area contributed by atoms with Crippen LogP contribution in [-0.4, -0.2) is 71.6 Å². The van der Waals surface area contributed by atoms with E-state index in [1.54, 1.807) is 13.3 Å². The number of H-pyrrole nitrogens is 1. The smallest absolute Gasteiger partial charge is 0.161 e. The maximum absolute atomic E-state index is 10.2. The van der Waals surface area contributed by atoms with Crippen molar-refractivity contribution in [2.24, 2.45) is 0 Å². The van der Waals surface area contributed by atoms with E-state index in [9.17, 15) is 5.11 Å². The highest BCUT2D eigenvalue weighted by Crippen LogP contribution is 2.28. The van der Waals surface area contributed by atoms with Gasteiger partial charge in [0.15, 0.2) is 11.5 Å². The van der Waals surface area contributed by atoms with Gasteiger partial charge in [0.2, 0.25) is 0 Å². The average Bonchev–Trinajstić information content (AvgIpc) is 3.13. The number of nitrogens with zero attached hydrogens (tertiary/aromatic N) is 3. The molecule has 2 N–H and O–H groups in total. The Kier molecular flexibility index (Phi) is 8.09. The number of aromatic amines is 1. The maximum Gasteiger partial charge on any atom is 0.161 e. The molecule has 0 radical (unpaired) electrons. The Hall–Kier alpha value is -2.09. The van der Waals surface area contributed by atoms with Gasteiger partial charge in [-0.05, 0) is 51.7 Å². The van der Waals surface area contributed by atoms with E-state index >= 15 is 0 Å². The van der Waals surface area contributed by atoms with Gasteiger partial charge in [-0.2, -0.15) is 5.10 Å². The van der Waals surface area contributed by atoms with Crippen LogP contribution in [0.3, 0.4) is 0 Å². The van der Waals surface area contributed by atoms with E-state index in [4.69, 9.17) is 9.47 Å². The molecule has 150 valence electrons. The average molecular weight is 377 g/mol. The number of hydrogen-bond acceptors (Lipinski definition) is 6. The standard InChI is InChI=1S/C20H32N4O3/c1-15(2)24(4)13-18(25)14-27-19-7-6-16(10-20(19)26-5)11-23(3)12-17-8-9-21-22-17/h6-10,15,18,25H,11-14H2,1-5H3,(H,21,22). The largest absolute Gasteiger partial charge is 0.493 e. The molecule has 0 saturated carbocycles. The first-order valence-corrected chi connectivity index (χ1v) is 9.23. The van der Waals surface area contributed by atoms with Crippen molar-refractivity contribution in [3.63, 3.8) is 0 Å². The number of benzene rings is 1. The van der Waals surface area contributed by atoms with Gasteiger partial charge in [-0.1, -0.05) is 6.07 Å². The van der Waals surface area contributed by atoms with Crippen molar-refractivity contribution in [2.75, 3.05) is 34.4 Å². The molecule has 0 amide bonds. The van der Waals surface area contributed by atoms with Crippen LogP contribution in [0.15, 0.2) is 30.5 Å². The van der Waals surface area contributed by atoms with E-state index < -0.39 is 6.10 Å². The number of hydrogen-bond donors (Lipinski definition) is 2. The monoisotopic (exact) mass is 376 g/mol. The molecule has 0 fully saturated rings. The normalized spacial score (nSPS) is 12.8. The summed E-state index contributed by atoms with van der Waals surface area (Å²) in [6.07, 6.45) is 1.20. The first-order valence-electron chi connectivity index (χ1n) is 9.23. The van der Waals surface area contributed by atoms with Crippen molar-refractivity contribution in [1.29, 1.82) is 0 Å². The number of aromatic nitrogens is 2. The van der Waals surface area contributed by atoms with E-state index in [0.717, 1.165) is 24.3 Å². The summed E-state index contributed by atoms with van der Waals surface area (Å²) in [5.74, 6) is 1.32. The number of aliphatic hydroxyl groups is 1. The lowest BCUT2D eigenvalue weighted by Crippen LogP contribution is -2.36. The van der Waals surface area contributed by atoms with Crippen LogP contribution >= 0.6 is 0 Å². The van der Waals surface area contributed by atoms with Crippen LogP contribution in [0, 0.1) is 0 Å². The molecule has 0 bridgehead atoms. The first kappa shape index (κ1) is 21.2. The predicted molar refractivity (Wildman–Crippen MR) is 106 cm³/mol. The van der Waals surface area contributed by atoms with Crippen LogP contribution in [0.25, 0.3) is 0 Å². The second-order valence-electron chi connectivity index (χ2n) is 7.24. The van der Waals surface area contributed by atoms with Crippen molar-refractivity contribution >= 4 is 0 Å². The Labute approximate surface area is 161 Å². The quantitative estimate of drug-likeness (QED) is 0.626. The van der Waals surface area contributed by atoms with Gasteiger partial charge in [-0.25, -0.2) is 0 Å². The highest BCUT2D eigenvalue weighted by Gasteiger charge is 2.14. The number of nitrogens with one attached hydrogen (secondary N) is 1. The molecule has 0 aliphatic carbocycles. The molecular formula is C20H32N4O3. The van der Waals surface area contributed by atoms with Crippen molar-refractivity contribution in [2.45, 2.75) is 39.1 Å². The molecule has 1 aromatic heterocycles. The molecular weight excluding hydrogens is 344 g/mol. The number of aliphatic hydroxyl groups excluding tert-OH is 1. The van der Waals surface area contributed by atoms with Crippen molar-refractivity contribution in [3.8, 4) is 11.5 Å². The van der Waals surface area contributed by atoms with E-state index in [-0.39, 0.29) is 6.61 Å². The van der Waals surface area contributed by atoms with Crippen LogP contribution < -0.4 is 9.47 Å². The van der Waals surface area contributed by atoms with E-state index in [2.05, 4.69) is 40.9 Å². The van der Waals surface area contributed by atoms with Crippen molar-refractivity contribution in [3.05, 3.63) is 41.7 Å². The number of likely N-dealkylation sites (N-methyl/N-ethyl adjacent to an activating group) is 1. The second kappa shape index (κ2) is 10.3. The molecule has 7 heteroatoms. The highest BCUT2D eigenvalue weighted by atomic mass is 16.5. The minimum atomic E-state index is -0.553. The summed E-state index contributed by atoms with van der Waals surface area (Å²) in [5.41, 5.74) is 2.20. The highest BCUT2D eigenvalue weighted by molar-refractivity contribution is 5.43. The second-order valence-corrected chi connectivity index (χ2v) is 7.24. The third kappa shape index (κ3) is 6.86. The predicted octanol–water partition coefficient (Wildman–Crippen LogP) is 2.13. The summed E-state index contributed by atoms with van der Waals surface area (Å²) >= 11 is 0. The number of rotatable bonds is 11. The zero-order valence-electron chi connectivity index (χ0n) is 17.0. The fourth-order valence-corrected chi connectivity index (χ4v) is 2.74. The molecule has 0 aliphatic heterocycles. The minimum Gasteiger partial charge on any atom is -0.493 e. The molecule has 7 nitrogen and oxygen atoms in total. The summed E-state index contributed by atoms with van der Waals surface area (Å²) in [6.45, 7) is 6.55. The van der Waals surface area contributed by atoms with E-state index in [1.165, 1.54) is 0 Å². The Morgan fingerprint density at radius 3 is 2.56 bits per heavy atom. The van der Waals surface area contributed by atoms with E-state index in [1.807, 2.05) is 31.3 Å². The molecule has 27 heavy (non-hydrogen) atoms. The number of methoxy groups -OCH3 is 1. The maximum atomic E-state index is 10.2. The van der Waals surface area contributed by atoms with Gasteiger partial charge >= 0.3 is 0 Å². The van der Waals surface area contributed by atoms with Gasteiger partial charge < -0.3 is 19.5 Å². The Morgan fingerprint density at radius 1 is 1.15 bits per heavy atom. The summed E-state index contributed by atoms with van der Waals surface area (Å²) in [5, 5.41) is 17.1. The van der Waals surface area contributed by atoms with Gasteiger partial charge in [-0.3, -0.25) is 10.00 Å². The molecule has 1 atom stereocenters. The zero-order valence-corrected chi connectivity index (χ0v) is 17.0. The van der Waals surface area contributed by atoms with Crippen LogP contribution in [0.2, 0.25) is 0 Å². The van der Waals surface area contributed by atoms with Gasteiger partial charge in [0.05, 0.1) is 7.11 Å². The fraction of sp³-hybridized carbons (Fsp3) is 0.550. The van der Waals surface area contributed by atoms with Gasteiger partial charge in [0, 0.05) is 37.6 Å². The van der Waals surface area contributed by atoms with Crippen LogP contribution in [0.5, 0.6) is 11.5 Å². The lowest BCUT2D eigenvalue weighted by Gasteiger charge is -2.24. The molecule has 0 spiro atoms. The Bertz CT molecular complexity index is 676. The molecule has 2 aromatic rings. The Morgan fingerprint density at radius 2 is 1.93 bits per heavy atom. The molecule has 1 heterocycles. The van der Waals surface area contributed by atoms with Gasteiger partial charge in [-0.15, -0.1) is 0 Å². The molecule has 1 aromatic carbocycles. The summed E-state index contributed by atoms with van der Waals surface area (Å²) in [4.78, 5) is 4.28. The SMILES string of the molecule is COc1cc(CN(C)Cc2ccn[nH]2)ccc1OCC(O)CN(C)C(C)C. The van der Waals surface area contributed by atoms with Crippen LogP contribution in [-0.2, 0) is 13.1 Å². The third-order valence-corrected chi connectivity index (χ3v) is 4.49. The molecule has 0 aliphatic rings. The van der Waals surface area contributed by atoms with Crippen LogP contribution in [0.4, 0.5) is 0 Å². The number of ether oxygens (including phenoxy) is 2. The lowest BCUT2D eigenvalue weighted by atomic mass is 10.2. The third-order valence-electron chi connectivity index (χ3n) is 4.49.